The van der Waals surface area contributed by atoms with Crippen LogP contribution in [0.5, 0.6) is 0 Å². The van der Waals surface area contributed by atoms with Gasteiger partial charge in [0.05, 0.1) is 24.9 Å². The molecule has 0 fully saturated rings. The van der Waals surface area contributed by atoms with Crippen LogP contribution in [0.25, 0.3) is 10.8 Å². The first-order valence-electron chi connectivity index (χ1n) is 9.38. The largest absolute Gasteiger partial charge is 0.370 e. The number of aryl methyl sites for hydroxylation is 1. The van der Waals surface area contributed by atoms with Crippen LogP contribution in [0.15, 0.2) is 53.3 Å². The zero-order valence-corrected chi connectivity index (χ0v) is 16.0. The highest BCUT2D eigenvalue weighted by molar-refractivity contribution is 5.88. The van der Waals surface area contributed by atoms with Crippen LogP contribution in [0.2, 0.25) is 0 Å². The van der Waals surface area contributed by atoms with E-state index in [0.29, 0.717) is 19.6 Å². The number of ether oxygens (including phenoxy) is 2. The molecule has 1 aromatic heterocycles. The van der Waals surface area contributed by atoms with Crippen molar-refractivity contribution in [2.75, 3.05) is 0 Å². The lowest BCUT2D eigenvalue weighted by molar-refractivity contribution is -0.143. The second-order valence-electron chi connectivity index (χ2n) is 7.79. The van der Waals surface area contributed by atoms with Crippen molar-refractivity contribution < 1.29 is 9.47 Å². The highest BCUT2D eigenvalue weighted by atomic mass is 16.5. The fourth-order valence-corrected chi connectivity index (χ4v) is 3.83. The minimum atomic E-state index is -0.467. The number of nitrogens with one attached hydrogen (secondary N) is 1. The van der Waals surface area contributed by atoms with Gasteiger partial charge >= 0.3 is 0 Å². The van der Waals surface area contributed by atoms with Gasteiger partial charge in [0.1, 0.15) is 0 Å². The van der Waals surface area contributed by atoms with Crippen LogP contribution in [-0.2, 0) is 29.1 Å². The van der Waals surface area contributed by atoms with Gasteiger partial charge in [-0.1, -0.05) is 42.5 Å². The number of benzene rings is 2. The van der Waals surface area contributed by atoms with E-state index in [4.69, 9.17) is 9.47 Å². The summed E-state index contributed by atoms with van der Waals surface area (Å²) >= 11 is 0. The molecule has 4 rings (SSSR count). The van der Waals surface area contributed by atoms with Crippen LogP contribution in [0.1, 0.15) is 36.2 Å². The minimum Gasteiger partial charge on any atom is -0.370 e. The third-order valence-corrected chi connectivity index (χ3v) is 5.50. The van der Waals surface area contributed by atoms with Crippen molar-refractivity contribution in [1.82, 2.24) is 4.98 Å². The summed E-state index contributed by atoms with van der Waals surface area (Å²) in [7, 11) is 0. The van der Waals surface area contributed by atoms with Gasteiger partial charge in [-0.15, -0.1) is 0 Å². The average Bonchev–Trinajstić information content (AvgIpc) is 2.67. The summed E-state index contributed by atoms with van der Waals surface area (Å²) in [5.41, 5.74) is 3.81. The van der Waals surface area contributed by atoms with Gasteiger partial charge in [-0.3, -0.25) is 4.79 Å². The van der Waals surface area contributed by atoms with Crippen LogP contribution >= 0.6 is 0 Å². The molecular weight excluding hydrogens is 338 g/mol. The fourth-order valence-electron chi connectivity index (χ4n) is 3.83. The highest BCUT2D eigenvalue weighted by Crippen LogP contribution is 2.32. The van der Waals surface area contributed by atoms with Crippen molar-refractivity contribution in [2.24, 2.45) is 0 Å². The SMILES string of the molecule is Cc1cccc2c(=O)[nH]c3c(c12)COC(C(C)(C)OCc1ccccc1)C3. The van der Waals surface area contributed by atoms with E-state index in [2.05, 4.69) is 31.0 Å². The molecule has 0 aliphatic carbocycles. The van der Waals surface area contributed by atoms with Crippen LogP contribution in [0.4, 0.5) is 0 Å². The van der Waals surface area contributed by atoms with Gasteiger partial charge in [0.15, 0.2) is 0 Å². The van der Waals surface area contributed by atoms with E-state index in [1.54, 1.807) is 0 Å². The molecule has 140 valence electrons. The second kappa shape index (κ2) is 6.95. The Morgan fingerprint density at radius 3 is 2.70 bits per heavy atom. The Bertz CT molecular complexity index is 1020. The molecule has 0 saturated heterocycles. The predicted molar refractivity (Wildman–Crippen MR) is 107 cm³/mol. The molecule has 0 amide bonds. The Labute approximate surface area is 159 Å². The highest BCUT2D eigenvalue weighted by Gasteiger charge is 2.35. The van der Waals surface area contributed by atoms with E-state index in [9.17, 15) is 4.79 Å². The molecule has 4 heteroatoms. The van der Waals surface area contributed by atoms with Crippen molar-refractivity contribution in [2.45, 2.75) is 52.1 Å². The number of hydrogen-bond acceptors (Lipinski definition) is 3. The molecule has 0 spiro atoms. The molecule has 0 radical (unpaired) electrons. The second-order valence-corrected chi connectivity index (χ2v) is 7.79. The fraction of sp³-hybridized carbons (Fsp3) is 0.348. The van der Waals surface area contributed by atoms with Gasteiger partial charge in [-0.25, -0.2) is 0 Å². The number of H-pyrrole nitrogens is 1. The van der Waals surface area contributed by atoms with E-state index in [1.807, 2.05) is 43.3 Å². The summed E-state index contributed by atoms with van der Waals surface area (Å²) < 4.78 is 12.4. The van der Waals surface area contributed by atoms with Crippen molar-refractivity contribution in [3.8, 4) is 0 Å². The number of aromatic nitrogens is 1. The van der Waals surface area contributed by atoms with Crippen molar-refractivity contribution in [3.05, 3.63) is 81.3 Å². The summed E-state index contributed by atoms with van der Waals surface area (Å²) in [6.45, 7) is 7.16. The van der Waals surface area contributed by atoms with Crippen LogP contribution in [0.3, 0.4) is 0 Å². The molecule has 0 bridgehead atoms. The van der Waals surface area contributed by atoms with Crippen molar-refractivity contribution >= 4 is 10.8 Å². The number of hydrogen-bond donors (Lipinski definition) is 1. The predicted octanol–water partition coefficient (Wildman–Crippen LogP) is 4.27. The molecule has 1 aliphatic heterocycles. The van der Waals surface area contributed by atoms with Crippen LogP contribution < -0.4 is 5.56 Å². The molecule has 4 nitrogen and oxygen atoms in total. The number of fused-ring (bicyclic) bond motifs is 3. The zero-order chi connectivity index (χ0) is 19.0. The van der Waals surface area contributed by atoms with E-state index in [1.165, 1.54) is 0 Å². The topological polar surface area (TPSA) is 51.3 Å². The zero-order valence-electron chi connectivity index (χ0n) is 16.0. The first-order chi connectivity index (χ1) is 13.0. The Hall–Kier alpha value is -2.43. The molecule has 2 heterocycles. The monoisotopic (exact) mass is 363 g/mol. The molecule has 2 aromatic carbocycles. The van der Waals surface area contributed by atoms with Gasteiger partial charge < -0.3 is 14.5 Å². The van der Waals surface area contributed by atoms with Crippen LogP contribution in [-0.4, -0.2) is 16.7 Å². The summed E-state index contributed by atoms with van der Waals surface area (Å²) in [6.07, 6.45) is 0.516. The standard InChI is InChI=1S/C23H25NO3/c1-15-8-7-11-17-21(15)18-14-26-20(12-19(18)24-22(17)25)23(2,3)27-13-16-9-5-4-6-10-16/h4-11,20H,12-14H2,1-3H3,(H,24,25). The molecule has 1 N–H and O–H groups in total. The summed E-state index contributed by atoms with van der Waals surface area (Å²) in [4.78, 5) is 15.6. The first-order valence-corrected chi connectivity index (χ1v) is 9.38. The lowest BCUT2D eigenvalue weighted by atomic mass is 9.90. The Kier molecular flexibility index (Phi) is 4.62. The van der Waals surface area contributed by atoms with Crippen molar-refractivity contribution in [3.63, 3.8) is 0 Å². The minimum absolute atomic E-state index is 0.0314. The molecule has 0 saturated carbocycles. The third-order valence-electron chi connectivity index (χ3n) is 5.50. The quantitative estimate of drug-likeness (QED) is 0.753. The number of rotatable bonds is 4. The number of pyridine rings is 1. The van der Waals surface area contributed by atoms with E-state index >= 15 is 0 Å². The van der Waals surface area contributed by atoms with Gasteiger partial charge in [0.2, 0.25) is 0 Å². The molecule has 27 heavy (non-hydrogen) atoms. The van der Waals surface area contributed by atoms with E-state index in [0.717, 1.165) is 33.2 Å². The normalized spacial score (nSPS) is 17.1. The van der Waals surface area contributed by atoms with E-state index < -0.39 is 5.60 Å². The van der Waals surface area contributed by atoms with E-state index in [-0.39, 0.29) is 11.7 Å². The molecule has 1 atom stereocenters. The van der Waals surface area contributed by atoms with Gasteiger partial charge in [0, 0.05) is 23.1 Å². The van der Waals surface area contributed by atoms with Gasteiger partial charge in [-0.2, -0.15) is 0 Å². The van der Waals surface area contributed by atoms with Gasteiger partial charge in [0.25, 0.3) is 5.56 Å². The summed E-state index contributed by atoms with van der Waals surface area (Å²) in [5.74, 6) is 0. The lowest BCUT2D eigenvalue weighted by Gasteiger charge is -2.37. The van der Waals surface area contributed by atoms with Crippen LogP contribution in [0, 0.1) is 6.92 Å². The molecular formula is C23H25NO3. The first kappa shape index (κ1) is 18.0. The lowest BCUT2D eigenvalue weighted by Crippen LogP contribution is -2.44. The van der Waals surface area contributed by atoms with Crippen molar-refractivity contribution in [1.29, 1.82) is 0 Å². The maximum atomic E-state index is 12.5. The summed E-state index contributed by atoms with van der Waals surface area (Å²) in [6, 6.07) is 16.0. The molecule has 1 aliphatic rings. The van der Waals surface area contributed by atoms with Gasteiger partial charge in [-0.05, 0) is 43.4 Å². The number of aromatic amines is 1. The Morgan fingerprint density at radius 1 is 1.15 bits per heavy atom. The molecule has 1 unspecified atom stereocenters. The smallest absolute Gasteiger partial charge is 0.256 e. The average molecular weight is 363 g/mol. The molecule has 3 aromatic rings. The maximum Gasteiger partial charge on any atom is 0.256 e. The summed E-state index contributed by atoms with van der Waals surface area (Å²) in [5, 5.41) is 1.76. The Morgan fingerprint density at radius 2 is 1.93 bits per heavy atom. The third kappa shape index (κ3) is 3.43. The Balaban J connectivity index is 1.60. The maximum absolute atomic E-state index is 12.5.